The van der Waals surface area contributed by atoms with Crippen molar-refractivity contribution in [2.75, 3.05) is 0 Å². The van der Waals surface area contributed by atoms with Crippen molar-refractivity contribution in [2.45, 2.75) is 50.4 Å². The highest BCUT2D eigenvalue weighted by Crippen LogP contribution is 2.52. The van der Waals surface area contributed by atoms with Crippen molar-refractivity contribution in [1.29, 1.82) is 0 Å². The Balaban J connectivity index is 1.22. The Morgan fingerprint density at radius 2 is 0.857 bits per heavy atom. The van der Waals surface area contributed by atoms with Crippen LogP contribution in [0.2, 0.25) is 0 Å². The van der Waals surface area contributed by atoms with E-state index in [2.05, 4.69) is 147 Å². The lowest BCUT2D eigenvalue weighted by Gasteiger charge is -2.42. The molecule has 2 unspecified atom stereocenters. The monoisotopic (exact) mass is 542 g/mol. The SMILES string of the molecule is CC(CCC(C)(c1cccc2c1Cc1ccccc1-2)C1C=CC=C1)(c1cccc2c1Cc1ccccc1-2)C1C=CC=C1. The number of fused-ring (bicyclic) bond motifs is 6. The fourth-order valence-electron chi connectivity index (χ4n) is 8.58. The van der Waals surface area contributed by atoms with Crippen LogP contribution in [0.4, 0.5) is 0 Å². The third-order valence-corrected chi connectivity index (χ3v) is 11.1. The molecule has 4 aliphatic carbocycles. The molecule has 0 aromatic heterocycles. The Labute approximate surface area is 250 Å². The highest BCUT2D eigenvalue weighted by molar-refractivity contribution is 5.79. The molecule has 8 rings (SSSR count). The molecule has 4 aliphatic rings. The van der Waals surface area contributed by atoms with Crippen LogP contribution in [0.25, 0.3) is 22.3 Å². The van der Waals surface area contributed by atoms with Crippen LogP contribution >= 0.6 is 0 Å². The van der Waals surface area contributed by atoms with Crippen LogP contribution in [0.15, 0.2) is 134 Å². The summed E-state index contributed by atoms with van der Waals surface area (Å²) in [5.41, 5.74) is 14.7. The Kier molecular flexibility index (Phi) is 5.90. The fourth-order valence-corrected chi connectivity index (χ4v) is 8.58. The Hall–Kier alpha value is -4.16. The first-order valence-electron chi connectivity index (χ1n) is 15.7. The van der Waals surface area contributed by atoms with E-state index in [1.165, 1.54) is 55.6 Å². The van der Waals surface area contributed by atoms with E-state index in [1.54, 1.807) is 0 Å². The van der Waals surface area contributed by atoms with Gasteiger partial charge >= 0.3 is 0 Å². The molecule has 0 N–H and O–H groups in total. The number of rotatable bonds is 7. The maximum atomic E-state index is 2.54. The van der Waals surface area contributed by atoms with Crippen LogP contribution in [-0.2, 0) is 23.7 Å². The molecule has 0 saturated carbocycles. The molecule has 0 aliphatic heterocycles. The zero-order valence-electron chi connectivity index (χ0n) is 24.7. The van der Waals surface area contributed by atoms with Gasteiger partial charge < -0.3 is 0 Å². The first-order chi connectivity index (χ1) is 20.6. The second kappa shape index (κ2) is 9.70. The van der Waals surface area contributed by atoms with Gasteiger partial charge in [0.25, 0.3) is 0 Å². The summed E-state index contributed by atoms with van der Waals surface area (Å²) in [6.45, 7) is 5.09. The largest absolute Gasteiger partial charge is 0.0767 e. The molecular formula is C42H38. The van der Waals surface area contributed by atoms with Gasteiger partial charge in [-0.1, -0.05) is 147 Å². The molecule has 206 valence electrons. The van der Waals surface area contributed by atoms with E-state index in [9.17, 15) is 0 Å². The normalized spacial score (nSPS) is 19.0. The number of hydrogen-bond donors (Lipinski definition) is 0. The molecule has 2 atom stereocenters. The van der Waals surface area contributed by atoms with Crippen molar-refractivity contribution in [1.82, 2.24) is 0 Å². The second-order valence-corrected chi connectivity index (χ2v) is 13.3. The minimum Gasteiger partial charge on any atom is -0.0767 e. The first-order valence-corrected chi connectivity index (χ1v) is 15.7. The lowest BCUT2D eigenvalue weighted by molar-refractivity contribution is 0.281. The maximum Gasteiger partial charge on any atom is 0.00472 e. The standard InChI is InChI=1S/C42H38/c1-41(31-15-5-6-16-31,39-23-11-21-35-33-19-9-3-13-29(33)27-37(35)39)25-26-42(2,32-17-7-8-18-32)40-24-12-22-36-34-20-10-4-14-30(34)28-38(36)40/h3-24,31-32H,25-28H2,1-2H3. The van der Waals surface area contributed by atoms with E-state index in [0.717, 1.165) is 25.7 Å². The smallest absolute Gasteiger partial charge is 0.00472 e. The van der Waals surface area contributed by atoms with E-state index < -0.39 is 0 Å². The highest BCUT2D eigenvalue weighted by Gasteiger charge is 2.43. The molecule has 4 aromatic rings. The highest BCUT2D eigenvalue weighted by atomic mass is 14.5. The molecule has 0 amide bonds. The molecule has 0 spiro atoms. The molecule has 0 radical (unpaired) electrons. The molecule has 42 heavy (non-hydrogen) atoms. The maximum absolute atomic E-state index is 2.54. The minimum atomic E-state index is -0.00883. The summed E-state index contributed by atoms with van der Waals surface area (Å²) in [4.78, 5) is 0. The summed E-state index contributed by atoms with van der Waals surface area (Å²) in [7, 11) is 0. The second-order valence-electron chi connectivity index (χ2n) is 13.3. The molecule has 0 bridgehead atoms. The number of benzene rings is 4. The quantitative estimate of drug-likeness (QED) is 0.188. The van der Waals surface area contributed by atoms with E-state index in [-0.39, 0.29) is 10.8 Å². The van der Waals surface area contributed by atoms with E-state index in [4.69, 9.17) is 0 Å². The first kappa shape index (κ1) is 25.5. The average Bonchev–Trinajstić information content (AvgIpc) is 3.84. The average molecular weight is 543 g/mol. The van der Waals surface area contributed by atoms with Crippen molar-refractivity contribution >= 4 is 0 Å². The number of allylic oxidation sites excluding steroid dienone is 8. The predicted octanol–water partition coefficient (Wildman–Crippen LogP) is 10.3. The summed E-state index contributed by atoms with van der Waals surface area (Å²) in [6.07, 6.45) is 23.1. The van der Waals surface area contributed by atoms with Crippen LogP contribution in [0.5, 0.6) is 0 Å². The van der Waals surface area contributed by atoms with Gasteiger partial charge in [-0.2, -0.15) is 0 Å². The van der Waals surface area contributed by atoms with Crippen LogP contribution in [-0.4, -0.2) is 0 Å². The van der Waals surface area contributed by atoms with Crippen molar-refractivity contribution in [3.05, 3.63) is 167 Å². The van der Waals surface area contributed by atoms with Crippen LogP contribution in [0, 0.1) is 11.8 Å². The van der Waals surface area contributed by atoms with Crippen molar-refractivity contribution in [3.8, 4) is 22.3 Å². The van der Waals surface area contributed by atoms with Crippen LogP contribution in [0.3, 0.4) is 0 Å². The molecule has 4 aromatic carbocycles. The molecular weight excluding hydrogens is 504 g/mol. The van der Waals surface area contributed by atoms with Gasteiger partial charge in [-0.3, -0.25) is 0 Å². The molecule has 0 saturated heterocycles. The van der Waals surface area contributed by atoms with Gasteiger partial charge in [0.15, 0.2) is 0 Å². The fraction of sp³-hybridized carbons (Fsp3) is 0.238. The topological polar surface area (TPSA) is 0 Å². The lowest BCUT2D eigenvalue weighted by Crippen LogP contribution is -2.37. The van der Waals surface area contributed by atoms with E-state index >= 15 is 0 Å². The van der Waals surface area contributed by atoms with Crippen molar-refractivity contribution in [2.24, 2.45) is 11.8 Å². The van der Waals surface area contributed by atoms with Gasteiger partial charge in [-0.05, 0) is 81.3 Å². The van der Waals surface area contributed by atoms with Gasteiger partial charge in [-0.25, -0.2) is 0 Å². The zero-order valence-corrected chi connectivity index (χ0v) is 24.7. The van der Waals surface area contributed by atoms with Gasteiger partial charge in [0.2, 0.25) is 0 Å². The van der Waals surface area contributed by atoms with E-state index in [1.807, 2.05) is 0 Å². The van der Waals surface area contributed by atoms with E-state index in [0.29, 0.717) is 11.8 Å². The number of hydrogen-bond acceptors (Lipinski definition) is 0. The Morgan fingerprint density at radius 3 is 1.29 bits per heavy atom. The van der Waals surface area contributed by atoms with Crippen LogP contribution in [0.1, 0.15) is 60.1 Å². The molecule has 0 heterocycles. The lowest BCUT2D eigenvalue weighted by atomic mass is 9.61. The summed E-state index contributed by atoms with van der Waals surface area (Å²) in [6, 6.07) is 32.2. The zero-order chi connectivity index (χ0) is 28.3. The summed E-state index contributed by atoms with van der Waals surface area (Å²) >= 11 is 0. The molecule has 0 heteroatoms. The Morgan fingerprint density at radius 1 is 0.476 bits per heavy atom. The van der Waals surface area contributed by atoms with Crippen molar-refractivity contribution in [3.63, 3.8) is 0 Å². The van der Waals surface area contributed by atoms with Gasteiger partial charge in [0.05, 0.1) is 0 Å². The van der Waals surface area contributed by atoms with Crippen molar-refractivity contribution < 1.29 is 0 Å². The van der Waals surface area contributed by atoms with Gasteiger partial charge in [0.1, 0.15) is 0 Å². The molecule has 0 fully saturated rings. The van der Waals surface area contributed by atoms with Gasteiger partial charge in [-0.15, -0.1) is 0 Å². The van der Waals surface area contributed by atoms with Crippen LogP contribution < -0.4 is 0 Å². The minimum absolute atomic E-state index is 0.00883. The molecule has 0 nitrogen and oxygen atoms in total. The summed E-state index contributed by atoms with van der Waals surface area (Å²) in [5.74, 6) is 0.773. The summed E-state index contributed by atoms with van der Waals surface area (Å²) < 4.78 is 0. The third-order valence-electron chi connectivity index (χ3n) is 11.1. The Bertz CT molecular complexity index is 1670. The third kappa shape index (κ3) is 3.81. The van der Waals surface area contributed by atoms with Gasteiger partial charge in [0, 0.05) is 22.7 Å². The predicted molar refractivity (Wildman–Crippen MR) is 177 cm³/mol. The summed E-state index contributed by atoms with van der Waals surface area (Å²) in [5, 5.41) is 0.